The normalized spacial score (nSPS) is 9.67. The highest BCUT2D eigenvalue weighted by Gasteiger charge is 2.11. The van der Waals surface area contributed by atoms with Crippen LogP contribution in [0, 0.1) is 0 Å². The molecule has 1 aromatic carbocycles. The van der Waals surface area contributed by atoms with Crippen molar-refractivity contribution in [3.05, 3.63) is 29.3 Å². The molecular weight excluding hydrogens is 200 g/mol. The van der Waals surface area contributed by atoms with Crippen molar-refractivity contribution >= 4 is 11.9 Å². The average Bonchev–Trinajstić information content (AvgIpc) is 2.14. The molecule has 0 aliphatic heterocycles. The zero-order valence-corrected chi connectivity index (χ0v) is 8.06. The van der Waals surface area contributed by atoms with Gasteiger partial charge in [0.2, 0.25) is 0 Å². The van der Waals surface area contributed by atoms with Crippen LogP contribution in [-0.4, -0.2) is 22.2 Å². The number of hydrogen-bond acceptors (Lipinski definition) is 4. The van der Waals surface area contributed by atoms with Crippen molar-refractivity contribution in [1.82, 2.24) is 0 Å². The standard InChI is InChI=1S/C10H10O5/c1-6(11)15-5-7-4-8(12)2-3-9(7)10(13)14/h2-4,12H,5H2,1H3,(H,13,14). The zero-order valence-electron chi connectivity index (χ0n) is 8.06. The van der Waals surface area contributed by atoms with E-state index in [2.05, 4.69) is 4.74 Å². The summed E-state index contributed by atoms with van der Waals surface area (Å²) >= 11 is 0. The Kier molecular flexibility index (Phi) is 3.28. The smallest absolute Gasteiger partial charge is 0.336 e. The number of aromatic carboxylic acids is 1. The van der Waals surface area contributed by atoms with Gasteiger partial charge in [0.25, 0.3) is 0 Å². The number of carbonyl (C=O) groups is 2. The summed E-state index contributed by atoms with van der Waals surface area (Å²) in [6.45, 7) is 1.06. The van der Waals surface area contributed by atoms with Gasteiger partial charge in [-0.15, -0.1) is 0 Å². The van der Waals surface area contributed by atoms with Crippen LogP contribution in [-0.2, 0) is 16.1 Å². The second-order valence-corrected chi connectivity index (χ2v) is 2.93. The van der Waals surface area contributed by atoms with Crippen LogP contribution in [0.2, 0.25) is 0 Å². The molecule has 2 N–H and O–H groups in total. The molecule has 0 saturated carbocycles. The number of carboxylic acid groups (broad SMARTS) is 1. The molecule has 0 atom stereocenters. The van der Waals surface area contributed by atoms with Crippen LogP contribution in [0.1, 0.15) is 22.8 Å². The van der Waals surface area contributed by atoms with Crippen molar-refractivity contribution < 1.29 is 24.5 Å². The van der Waals surface area contributed by atoms with E-state index in [-0.39, 0.29) is 23.5 Å². The number of benzene rings is 1. The number of ether oxygens (including phenoxy) is 1. The first-order chi connectivity index (χ1) is 7.00. The van der Waals surface area contributed by atoms with Crippen molar-refractivity contribution in [1.29, 1.82) is 0 Å². The van der Waals surface area contributed by atoms with Gasteiger partial charge in [-0.1, -0.05) is 0 Å². The first-order valence-corrected chi connectivity index (χ1v) is 4.19. The Morgan fingerprint density at radius 1 is 1.40 bits per heavy atom. The molecule has 0 aliphatic rings. The summed E-state index contributed by atoms with van der Waals surface area (Å²) in [5.74, 6) is -1.70. The Bertz CT molecular complexity index is 397. The van der Waals surface area contributed by atoms with E-state index in [0.717, 1.165) is 0 Å². The van der Waals surface area contributed by atoms with E-state index in [1.54, 1.807) is 0 Å². The summed E-state index contributed by atoms with van der Waals surface area (Å²) in [7, 11) is 0. The highest BCUT2D eigenvalue weighted by Crippen LogP contribution is 2.17. The molecule has 0 spiro atoms. The Morgan fingerprint density at radius 2 is 2.07 bits per heavy atom. The Labute approximate surface area is 85.9 Å². The zero-order chi connectivity index (χ0) is 11.4. The number of hydrogen-bond donors (Lipinski definition) is 2. The maximum absolute atomic E-state index is 10.8. The second-order valence-electron chi connectivity index (χ2n) is 2.93. The fourth-order valence-electron chi connectivity index (χ4n) is 1.09. The van der Waals surface area contributed by atoms with Gasteiger partial charge in [0.15, 0.2) is 0 Å². The van der Waals surface area contributed by atoms with E-state index in [0.29, 0.717) is 0 Å². The number of phenolic OH excluding ortho intramolecular Hbond substituents is 1. The van der Waals surface area contributed by atoms with Crippen LogP contribution in [0.5, 0.6) is 5.75 Å². The maximum atomic E-state index is 10.8. The molecule has 0 bridgehead atoms. The highest BCUT2D eigenvalue weighted by molar-refractivity contribution is 5.89. The predicted molar refractivity (Wildman–Crippen MR) is 50.5 cm³/mol. The Hall–Kier alpha value is -2.04. The lowest BCUT2D eigenvalue weighted by molar-refractivity contribution is -0.142. The van der Waals surface area contributed by atoms with Crippen LogP contribution in [0.15, 0.2) is 18.2 Å². The molecular formula is C10H10O5. The molecule has 0 saturated heterocycles. The number of aromatic hydroxyl groups is 1. The third-order valence-corrected chi connectivity index (χ3v) is 1.75. The number of carbonyl (C=O) groups excluding carboxylic acids is 1. The van der Waals surface area contributed by atoms with Gasteiger partial charge in [-0.2, -0.15) is 0 Å². The molecule has 0 aromatic heterocycles. The number of rotatable bonds is 3. The van der Waals surface area contributed by atoms with Crippen molar-refractivity contribution in [2.45, 2.75) is 13.5 Å². The predicted octanol–water partition coefficient (Wildman–Crippen LogP) is 1.15. The average molecular weight is 210 g/mol. The SMILES string of the molecule is CC(=O)OCc1cc(O)ccc1C(=O)O. The van der Waals surface area contributed by atoms with E-state index in [1.807, 2.05) is 0 Å². The van der Waals surface area contributed by atoms with Gasteiger partial charge < -0.3 is 14.9 Å². The lowest BCUT2D eigenvalue weighted by Gasteiger charge is -2.06. The van der Waals surface area contributed by atoms with Crippen molar-refractivity contribution in [3.8, 4) is 5.75 Å². The molecule has 0 aliphatic carbocycles. The largest absolute Gasteiger partial charge is 0.508 e. The molecule has 15 heavy (non-hydrogen) atoms. The Morgan fingerprint density at radius 3 is 2.60 bits per heavy atom. The first kappa shape index (κ1) is 11.0. The molecule has 0 fully saturated rings. The van der Waals surface area contributed by atoms with E-state index < -0.39 is 11.9 Å². The molecule has 0 unspecified atom stereocenters. The maximum Gasteiger partial charge on any atom is 0.336 e. The molecule has 0 radical (unpaired) electrons. The van der Waals surface area contributed by atoms with Gasteiger partial charge in [0.1, 0.15) is 12.4 Å². The van der Waals surface area contributed by atoms with Crippen LogP contribution in [0.4, 0.5) is 0 Å². The Balaban J connectivity index is 2.96. The number of carboxylic acids is 1. The lowest BCUT2D eigenvalue weighted by atomic mass is 10.1. The molecule has 1 rings (SSSR count). The minimum absolute atomic E-state index is 0.00838. The highest BCUT2D eigenvalue weighted by atomic mass is 16.5. The summed E-state index contributed by atoms with van der Waals surface area (Å²) in [5.41, 5.74) is 0.270. The van der Waals surface area contributed by atoms with Gasteiger partial charge in [-0.25, -0.2) is 4.79 Å². The van der Waals surface area contributed by atoms with E-state index in [1.165, 1.54) is 25.1 Å². The monoisotopic (exact) mass is 210 g/mol. The minimum atomic E-state index is -1.13. The quantitative estimate of drug-likeness (QED) is 0.731. The van der Waals surface area contributed by atoms with Gasteiger partial charge >= 0.3 is 11.9 Å². The third kappa shape index (κ3) is 2.98. The van der Waals surface area contributed by atoms with Gasteiger partial charge in [-0.05, 0) is 18.2 Å². The molecule has 5 heteroatoms. The van der Waals surface area contributed by atoms with Crippen LogP contribution in [0.25, 0.3) is 0 Å². The summed E-state index contributed by atoms with van der Waals surface area (Å²) in [6.07, 6.45) is 0. The summed E-state index contributed by atoms with van der Waals surface area (Å²) < 4.78 is 4.66. The fraction of sp³-hybridized carbons (Fsp3) is 0.200. The third-order valence-electron chi connectivity index (χ3n) is 1.75. The van der Waals surface area contributed by atoms with Crippen LogP contribution in [0.3, 0.4) is 0 Å². The van der Waals surface area contributed by atoms with E-state index in [4.69, 9.17) is 10.2 Å². The topological polar surface area (TPSA) is 83.8 Å². The second kappa shape index (κ2) is 4.45. The van der Waals surface area contributed by atoms with E-state index >= 15 is 0 Å². The summed E-state index contributed by atoms with van der Waals surface area (Å²) in [5, 5.41) is 18.0. The number of phenols is 1. The molecule has 5 nitrogen and oxygen atoms in total. The van der Waals surface area contributed by atoms with Gasteiger partial charge in [0, 0.05) is 12.5 Å². The van der Waals surface area contributed by atoms with Crippen molar-refractivity contribution in [2.75, 3.05) is 0 Å². The van der Waals surface area contributed by atoms with Crippen molar-refractivity contribution in [2.24, 2.45) is 0 Å². The first-order valence-electron chi connectivity index (χ1n) is 4.19. The van der Waals surface area contributed by atoms with Crippen LogP contribution >= 0.6 is 0 Å². The number of esters is 1. The minimum Gasteiger partial charge on any atom is -0.508 e. The summed E-state index contributed by atoms with van der Waals surface area (Å²) in [4.78, 5) is 21.3. The summed E-state index contributed by atoms with van der Waals surface area (Å²) in [6, 6.07) is 3.78. The van der Waals surface area contributed by atoms with Crippen LogP contribution < -0.4 is 0 Å². The molecule has 1 aromatic rings. The fourth-order valence-corrected chi connectivity index (χ4v) is 1.09. The lowest BCUT2D eigenvalue weighted by Crippen LogP contribution is -2.06. The van der Waals surface area contributed by atoms with Gasteiger partial charge in [-0.3, -0.25) is 4.79 Å². The van der Waals surface area contributed by atoms with Crippen molar-refractivity contribution in [3.63, 3.8) is 0 Å². The molecule has 80 valence electrons. The molecule has 0 amide bonds. The van der Waals surface area contributed by atoms with E-state index in [9.17, 15) is 9.59 Å². The molecule has 0 heterocycles. The van der Waals surface area contributed by atoms with Gasteiger partial charge in [0.05, 0.1) is 5.56 Å².